The van der Waals surface area contributed by atoms with Gasteiger partial charge in [0.25, 0.3) is 0 Å². The van der Waals surface area contributed by atoms with Gasteiger partial charge in [0.2, 0.25) is 0 Å². The summed E-state index contributed by atoms with van der Waals surface area (Å²) in [5.74, 6) is 0. The van der Waals surface area contributed by atoms with Crippen molar-refractivity contribution in [2.45, 2.75) is 45.6 Å². The highest BCUT2D eigenvalue weighted by Crippen LogP contribution is 2.03. The zero-order valence-corrected chi connectivity index (χ0v) is 9.95. The minimum absolute atomic E-state index is 0.203. The van der Waals surface area contributed by atoms with E-state index >= 15 is 0 Å². The Morgan fingerprint density at radius 2 is 1.93 bits per heavy atom. The van der Waals surface area contributed by atoms with Crippen LogP contribution in [0.3, 0.4) is 0 Å². The molecule has 0 unspecified atom stereocenters. The normalized spacial score (nSPS) is 12.0. The molecule has 0 aliphatic rings. The van der Waals surface area contributed by atoms with E-state index in [1.54, 1.807) is 12.5 Å². The Hall–Kier alpha value is -0.740. The van der Waals surface area contributed by atoms with Crippen LogP contribution in [0.15, 0.2) is 12.5 Å². The molecule has 0 spiro atoms. The molecule has 0 atom stereocenters. The number of aliphatic hydroxyl groups is 1. The van der Waals surface area contributed by atoms with E-state index in [9.17, 15) is 0 Å². The molecule has 0 rings (SSSR count). The number of hydrogen-bond acceptors (Lipinski definition) is 4. The first kappa shape index (κ1) is 14.3. The van der Waals surface area contributed by atoms with E-state index in [0.717, 1.165) is 19.3 Å². The molecule has 0 heterocycles. The molecular weight excluding hydrogens is 194 g/mol. The maximum absolute atomic E-state index is 8.53. The highest BCUT2D eigenvalue weighted by molar-refractivity contribution is 4.67. The van der Waals surface area contributed by atoms with Gasteiger partial charge >= 0.3 is 0 Å². The molecule has 0 aliphatic heterocycles. The van der Waals surface area contributed by atoms with Crippen LogP contribution < -0.4 is 5.48 Å². The van der Waals surface area contributed by atoms with Gasteiger partial charge < -0.3 is 9.84 Å². The molecule has 0 aromatic heterocycles. The first-order valence-electron chi connectivity index (χ1n) is 5.37. The average molecular weight is 217 g/mol. The third-order valence-corrected chi connectivity index (χ3v) is 1.52. The van der Waals surface area contributed by atoms with E-state index < -0.39 is 0 Å². The second kappa shape index (κ2) is 8.56. The van der Waals surface area contributed by atoms with Crippen LogP contribution >= 0.6 is 0 Å². The SMILES string of the molecule is CC(C)(C)ONC=COCCCCCO. The van der Waals surface area contributed by atoms with Gasteiger partial charge in [-0.15, -0.1) is 0 Å². The van der Waals surface area contributed by atoms with Crippen LogP contribution in [-0.2, 0) is 9.57 Å². The fourth-order valence-corrected chi connectivity index (χ4v) is 0.829. The van der Waals surface area contributed by atoms with Crippen LogP contribution in [0.4, 0.5) is 0 Å². The lowest BCUT2D eigenvalue weighted by Crippen LogP contribution is -2.25. The van der Waals surface area contributed by atoms with Gasteiger partial charge in [-0.25, -0.2) is 0 Å². The predicted octanol–water partition coefficient (Wildman–Crippen LogP) is 1.96. The standard InChI is InChI=1S/C11H23NO3/c1-11(2,3)15-12-7-10-14-9-6-4-5-8-13/h7,10,12-13H,4-6,8-9H2,1-3H3. The maximum Gasteiger partial charge on any atom is 0.101 e. The molecule has 0 amide bonds. The summed E-state index contributed by atoms with van der Waals surface area (Å²) in [6.07, 6.45) is 6.00. The topological polar surface area (TPSA) is 50.7 Å². The Balaban J connectivity index is 3.18. The fourth-order valence-electron chi connectivity index (χ4n) is 0.829. The van der Waals surface area contributed by atoms with Crippen LogP contribution in [0.1, 0.15) is 40.0 Å². The molecular formula is C11H23NO3. The summed E-state index contributed by atoms with van der Waals surface area (Å²) in [4.78, 5) is 5.22. The third-order valence-electron chi connectivity index (χ3n) is 1.52. The van der Waals surface area contributed by atoms with Gasteiger partial charge in [0.15, 0.2) is 0 Å². The van der Waals surface area contributed by atoms with Crippen molar-refractivity contribution in [1.82, 2.24) is 5.48 Å². The van der Waals surface area contributed by atoms with Crippen molar-refractivity contribution in [2.24, 2.45) is 0 Å². The summed E-state index contributed by atoms with van der Waals surface area (Å²) < 4.78 is 5.19. The molecule has 90 valence electrons. The lowest BCUT2D eigenvalue weighted by Gasteiger charge is -2.17. The van der Waals surface area contributed by atoms with Crippen LogP contribution in [0, 0.1) is 0 Å². The van der Waals surface area contributed by atoms with E-state index in [1.165, 1.54) is 0 Å². The molecule has 0 aliphatic carbocycles. The second-order valence-corrected chi connectivity index (χ2v) is 4.29. The van der Waals surface area contributed by atoms with Crippen molar-refractivity contribution in [1.29, 1.82) is 0 Å². The highest BCUT2D eigenvalue weighted by Gasteiger charge is 2.08. The minimum atomic E-state index is -0.203. The monoisotopic (exact) mass is 217 g/mol. The van der Waals surface area contributed by atoms with Gasteiger partial charge in [0.1, 0.15) is 6.26 Å². The van der Waals surface area contributed by atoms with Gasteiger partial charge in [-0.05, 0) is 40.0 Å². The second-order valence-electron chi connectivity index (χ2n) is 4.29. The summed E-state index contributed by atoms with van der Waals surface area (Å²) in [5, 5.41) is 8.53. The van der Waals surface area contributed by atoms with Crippen molar-refractivity contribution in [3.63, 3.8) is 0 Å². The van der Waals surface area contributed by atoms with Crippen molar-refractivity contribution in [3.8, 4) is 0 Å². The summed E-state index contributed by atoms with van der Waals surface area (Å²) in [5.41, 5.74) is 2.48. The number of aliphatic hydroxyl groups excluding tert-OH is 1. The number of unbranched alkanes of at least 4 members (excludes halogenated alkanes) is 2. The summed E-state index contributed by atoms with van der Waals surface area (Å²) in [7, 11) is 0. The van der Waals surface area contributed by atoms with Crippen LogP contribution in [0.5, 0.6) is 0 Å². The van der Waals surface area contributed by atoms with E-state index in [1.807, 2.05) is 20.8 Å². The van der Waals surface area contributed by atoms with Gasteiger partial charge in [0, 0.05) is 6.61 Å². The third kappa shape index (κ3) is 13.3. The molecule has 0 fully saturated rings. The lowest BCUT2D eigenvalue weighted by atomic mass is 10.2. The van der Waals surface area contributed by atoms with Gasteiger partial charge in [-0.3, -0.25) is 10.3 Å². The number of hydrogen-bond donors (Lipinski definition) is 2. The Morgan fingerprint density at radius 1 is 1.20 bits per heavy atom. The molecule has 15 heavy (non-hydrogen) atoms. The Morgan fingerprint density at radius 3 is 2.53 bits per heavy atom. The Kier molecular flexibility index (Phi) is 8.14. The minimum Gasteiger partial charge on any atom is -0.500 e. The van der Waals surface area contributed by atoms with Crippen molar-refractivity contribution in [2.75, 3.05) is 13.2 Å². The Labute approximate surface area is 92.2 Å². The predicted molar refractivity (Wildman–Crippen MR) is 60.0 cm³/mol. The van der Waals surface area contributed by atoms with Crippen LogP contribution in [0.2, 0.25) is 0 Å². The molecule has 0 aromatic rings. The molecule has 0 radical (unpaired) electrons. The van der Waals surface area contributed by atoms with Crippen molar-refractivity contribution < 1.29 is 14.7 Å². The smallest absolute Gasteiger partial charge is 0.101 e. The first-order chi connectivity index (χ1) is 7.06. The van der Waals surface area contributed by atoms with E-state index in [0.29, 0.717) is 6.61 Å². The first-order valence-corrected chi connectivity index (χ1v) is 5.37. The van der Waals surface area contributed by atoms with Gasteiger partial charge in [-0.2, -0.15) is 0 Å². The summed E-state index contributed by atoms with van der Waals surface area (Å²) >= 11 is 0. The van der Waals surface area contributed by atoms with Gasteiger partial charge in [0.05, 0.1) is 18.4 Å². The molecule has 0 bridgehead atoms. The number of ether oxygens (including phenoxy) is 1. The number of hydroxylamine groups is 1. The highest BCUT2D eigenvalue weighted by atomic mass is 16.7. The molecule has 2 N–H and O–H groups in total. The van der Waals surface area contributed by atoms with Crippen LogP contribution in [0.25, 0.3) is 0 Å². The quantitative estimate of drug-likeness (QED) is 0.371. The van der Waals surface area contributed by atoms with Crippen LogP contribution in [-0.4, -0.2) is 23.9 Å². The molecule has 0 saturated heterocycles. The maximum atomic E-state index is 8.53. The lowest BCUT2D eigenvalue weighted by molar-refractivity contribution is -0.0531. The number of nitrogens with one attached hydrogen (secondary N) is 1. The van der Waals surface area contributed by atoms with E-state index in [2.05, 4.69) is 5.48 Å². The fraction of sp³-hybridized carbons (Fsp3) is 0.818. The Bertz CT molecular complexity index is 164. The van der Waals surface area contributed by atoms with E-state index in [4.69, 9.17) is 14.7 Å². The van der Waals surface area contributed by atoms with Crippen molar-refractivity contribution >= 4 is 0 Å². The largest absolute Gasteiger partial charge is 0.500 e. The zero-order chi connectivity index (χ0) is 11.6. The van der Waals surface area contributed by atoms with Gasteiger partial charge in [-0.1, -0.05) is 0 Å². The zero-order valence-electron chi connectivity index (χ0n) is 9.95. The number of rotatable bonds is 8. The van der Waals surface area contributed by atoms with Crippen molar-refractivity contribution in [3.05, 3.63) is 12.5 Å². The molecule has 4 heteroatoms. The average Bonchev–Trinajstić information content (AvgIpc) is 2.14. The molecule has 0 saturated carbocycles. The summed E-state index contributed by atoms with van der Waals surface area (Å²) in [6, 6.07) is 0. The summed E-state index contributed by atoms with van der Waals surface area (Å²) in [6.45, 7) is 6.82. The van der Waals surface area contributed by atoms with E-state index in [-0.39, 0.29) is 12.2 Å². The molecule has 0 aromatic carbocycles. The molecule has 4 nitrogen and oxygen atoms in total.